The van der Waals surface area contributed by atoms with Gasteiger partial charge in [-0.25, -0.2) is 0 Å². The second-order valence-corrected chi connectivity index (χ2v) is 11.6. The topological polar surface area (TPSA) is 78.5 Å². The normalized spacial score (nSPS) is 50.5. The number of unbranched alkanes of at least 4 members (excludes halogenated alkanes) is 1. The lowest BCUT2D eigenvalue weighted by atomic mass is 9.44. The van der Waals surface area contributed by atoms with Crippen LogP contribution < -0.4 is 11.1 Å². The largest absolute Gasteiger partial charge is 0.390 e. The number of fused-ring (bicyclic) bond motifs is 5. The first-order valence-corrected chi connectivity index (χ1v) is 12.6. The Morgan fingerprint density at radius 3 is 2.34 bits per heavy atom. The van der Waals surface area contributed by atoms with Crippen molar-refractivity contribution in [3.8, 4) is 0 Å². The Morgan fingerprint density at radius 1 is 0.897 bits per heavy atom. The molecule has 5 N–H and O–H groups in total. The molecular formula is C25H46N2O2. The van der Waals surface area contributed by atoms with Gasteiger partial charge < -0.3 is 21.3 Å². The van der Waals surface area contributed by atoms with E-state index < -0.39 is 12.2 Å². The van der Waals surface area contributed by atoms with Gasteiger partial charge in [-0.2, -0.15) is 0 Å². The summed E-state index contributed by atoms with van der Waals surface area (Å²) in [5.41, 5.74) is 6.35. The van der Waals surface area contributed by atoms with Gasteiger partial charge in [-0.05, 0) is 125 Å². The van der Waals surface area contributed by atoms with Crippen LogP contribution >= 0.6 is 0 Å². The van der Waals surface area contributed by atoms with Crippen molar-refractivity contribution >= 4 is 0 Å². The fraction of sp³-hybridized carbons (Fsp3) is 1.00. The second-order valence-electron chi connectivity index (χ2n) is 11.6. The minimum absolute atomic E-state index is 0.229. The predicted octanol–water partition coefficient (Wildman–Crippen LogP) is 3.69. The Balaban J connectivity index is 1.46. The number of hydrogen-bond acceptors (Lipinski definition) is 4. The fourth-order valence-corrected chi connectivity index (χ4v) is 8.92. The van der Waals surface area contributed by atoms with Gasteiger partial charge in [-0.3, -0.25) is 0 Å². The summed E-state index contributed by atoms with van der Waals surface area (Å²) in [6.45, 7) is 9.39. The molecule has 0 aromatic heterocycles. The Hall–Kier alpha value is -0.160. The summed E-state index contributed by atoms with van der Waals surface area (Å²) < 4.78 is 0. The molecule has 4 saturated carbocycles. The van der Waals surface area contributed by atoms with Crippen molar-refractivity contribution in [2.75, 3.05) is 13.1 Å². The smallest absolute Gasteiger partial charge is 0.0832 e. The van der Waals surface area contributed by atoms with E-state index in [1.165, 1.54) is 38.5 Å². The van der Waals surface area contributed by atoms with Crippen molar-refractivity contribution in [1.82, 2.24) is 5.32 Å². The van der Waals surface area contributed by atoms with Crippen molar-refractivity contribution in [3.63, 3.8) is 0 Å². The van der Waals surface area contributed by atoms with Crippen molar-refractivity contribution in [2.24, 2.45) is 46.2 Å². The summed E-state index contributed by atoms with van der Waals surface area (Å²) in [6, 6.07) is 0.595. The quantitative estimate of drug-likeness (QED) is 0.507. The van der Waals surface area contributed by atoms with Crippen LogP contribution in [-0.4, -0.2) is 41.6 Å². The first-order chi connectivity index (χ1) is 13.8. The van der Waals surface area contributed by atoms with Crippen molar-refractivity contribution in [3.05, 3.63) is 0 Å². The number of aliphatic hydroxyl groups excluding tert-OH is 2. The number of hydrogen-bond donors (Lipinski definition) is 4. The van der Waals surface area contributed by atoms with E-state index in [4.69, 9.17) is 5.73 Å². The Bertz CT molecular complexity index is 571. The molecule has 10 atom stereocenters. The lowest BCUT2D eigenvalue weighted by Crippen LogP contribution is -2.58. The monoisotopic (exact) mass is 406 g/mol. The zero-order valence-electron chi connectivity index (χ0n) is 19.1. The van der Waals surface area contributed by atoms with Crippen molar-refractivity contribution in [1.29, 1.82) is 0 Å². The van der Waals surface area contributed by atoms with Crippen LogP contribution in [0.3, 0.4) is 0 Å². The molecule has 4 fully saturated rings. The van der Waals surface area contributed by atoms with E-state index in [9.17, 15) is 10.2 Å². The molecular weight excluding hydrogens is 360 g/mol. The van der Waals surface area contributed by atoms with E-state index >= 15 is 0 Å². The van der Waals surface area contributed by atoms with E-state index in [2.05, 4.69) is 26.1 Å². The van der Waals surface area contributed by atoms with Crippen LogP contribution in [0.25, 0.3) is 0 Å². The molecule has 29 heavy (non-hydrogen) atoms. The molecule has 4 nitrogen and oxygen atoms in total. The van der Waals surface area contributed by atoms with Gasteiger partial charge >= 0.3 is 0 Å². The summed E-state index contributed by atoms with van der Waals surface area (Å²) in [4.78, 5) is 0. The van der Waals surface area contributed by atoms with Gasteiger partial charge in [-0.15, -0.1) is 0 Å². The molecule has 4 heteroatoms. The highest BCUT2D eigenvalue weighted by Crippen LogP contribution is 2.67. The van der Waals surface area contributed by atoms with Gasteiger partial charge in [0.2, 0.25) is 0 Å². The number of rotatable bonds is 6. The maximum Gasteiger partial charge on any atom is 0.0832 e. The molecule has 0 aliphatic heterocycles. The van der Waals surface area contributed by atoms with Crippen LogP contribution in [0, 0.1) is 40.4 Å². The molecule has 0 saturated heterocycles. The first kappa shape index (κ1) is 22.0. The fourth-order valence-electron chi connectivity index (χ4n) is 8.92. The number of aliphatic hydroxyl groups is 2. The molecule has 0 heterocycles. The summed E-state index contributed by atoms with van der Waals surface area (Å²) in [5.74, 6) is 3.51. The molecule has 0 aromatic carbocycles. The molecule has 0 radical (unpaired) electrons. The van der Waals surface area contributed by atoms with Crippen LogP contribution in [0.2, 0.25) is 0 Å². The maximum atomic E-state index is 10.7. The zero-order valence-corrected chi connectivity index (χ0v) is 19.1. The zero-order chi connectivity index (χ0) is 20.8. The summed E-state index contributed by atoms with van der Waals surface area (Å²) in [5, 5.41) is 24.8. The Labute approximate surface area is 178 Å². The Kier molecular flexibility index (Phi) is 6.39. The second kappa shape index (κ2) is 8.41. The summed E-state index contributed by atoms with van der Waals surface area (Å²) in [6.07, 6.45) is 11.0. The van der Waals surface area contributed by atoms with Gasteiger partial charge in [0.25, 0.3) is 0 Å². The van der Waals surface area contributed by atoms with E-state index in [1.807, 2.05) is 0 Å². The number of nitrogens with one attached hydrogen (secondary N) is 1. The molecule has 168 valence electrons. The minimum atomic E-state index is -0.503. The van der Waals surface area contributed by atoms with Crippen LogP contribution in [0.5, 0.6) is 0 Å². The summed E-state index contributed by atoms with van der Waals surface area (Å²) >= 11 is 0. The highest BCUT2D eigenvalue weighted by molar-refractivity contribution is 5.11. The minimum Gasteiger partial charge on any atom is -0.390 e. The molecule has 0 amide bonds. The first-order valence-electron chi connectivity index (χ1n) is 12.6. The summed E-state index contributed by atoms with van der Waals surface area (Å²) in [7, 11) is 0. The van der Waals surface area contributed by atoms with Gasteiger partial charge in [0.15, 0.2) is 0 Å². The molecule has 4 aliphatic carbocycles. The average Bonchev–Trinajstić information content (AvgIpc) is 3.06. The van der Waals surface area contributed by atoms with Gasteiger partial charge in [-0.1, -0.05) is 13.8 Å². The highest BCUT2D eigenvalue weighted by Gasteiger charge is 2.61. The van der Waals surface area contributed by atoms with E-state index in [0.29, 0.717) is 17.4 Å². The van der Waals surface area contributed by atoms with Gasteiger partial charge in [0.05, 0.1) is 12.2 Å². The molecule has 4 aliphatic rings. The van der Waals surface area contributed by atoms with E-state index in [1.54, 1.807) is 0 Å². The lowest BCUT2D eigenvalue weighted by Gasteiger charge is -2.62. The maximum absolute atomic E-state index is 10.7. The van der Waals surface area contributed by atoms with Crippen LogP contribution in [0.4, 0.5) is 0 Å². The van der Waals surface area contributed by atoms with Crippen molar-refractivity contribution < 1.29 is 10.2 Å². The predicted molar refractivity (Wildman–Crippen MR) is 118 cm³/mol. The van der Waals surface area contributed by atoms with E-state index in [0.717, 1.165) is 62.4 Å². The third kappa shape index (κ3) is 3.60. The van der Waals surface area contributed by atoms with Crippen LogP contribution in [0.1, 0.15) is 85.0 Å². The number of nitrogens with two attached hydrogens (primary N) is 1. The molecule has 0 spiro atoms. The molecule has 0 aromatic rings. The molecule has 0 bridgehead atoms. The van der Waals surface area contributed by atoms with Crippen LogP contribution in [-0.2, 0) is 0 Å². The third-order valence-electron chi connectivity index (χ3n) is 10.5. The lowest BCUT2D eigenvalue weighted by molar-refractivity contribution is -0.174. The highest BCUT2D eigenvalue weighted by atomic mass is 16.3. The van der Waals surface area contributed by atoms with Crippen LogP contribution in [0.15, 0.2) is 0 Å². The third-order valence-corrected chi connectivity index (χ3v) is 10.5. The average molecular weight is 407 g/mol. The van der Waals surface area contributed by atoms with Gasteiger partial charge in [0.1, 0.15) is 0 Å². The van der Waals surface area contributed by atoms with Gasteiger partial charge in [0, 0.05) is 6.04 Å². The SMILES string of the molecule is CC(NCCCCN)[C@H]1CC[C@H]2[C@@H]3CCC4C(O)C(O)CC[C@]4(C)[C@H]3CC[C@]12C. The standard InChI is InChI=1S/C25H46N2O2/c1-16(27-15-5-4-14-26)18-8-9-19-17-6-7-21-23(29)22(28)11-13-25(21,3)20(17)10-12-24(18,19)2/h16-23,27-29H,4-15,26H2,1-3H3/t16?,17-,18+,19-,20-,21?,22?,23?,24+,25+/m0/s1. The Morgan fingerprint density at radius 2 is 1.59 bits per heavy atom. The van der Waals surface area contributed by atoms with E-state index in [-0.39, 0.29) is 5.41 Å². The molecule has 4 rings (SSSR count). The molecule has 4 unspecified atom stereocenters. The van der Waals surface area contributed by atoms with Crippen molar-refractivity contribution in [2.45, 2.75) is 103 Å².